The summed E-state index contributed by atoms with van der Waals surface area (Å²) < 4.78 is 1.67. The van der Waals surface area contributed by atoms with Gasteiger partial charge in [0.25, 0.3) is 0 Å². The van der Waals surface area contributed by atoms with E-state index in [9.17, 15) is 0 Å². The molecule has 0 radical (unpaired) electrons. The van der Waals surface area contributed by atoms with Crippen molar-refractivity contribution in [2.45, 2.75) is 6.42 Å². The van der Waals surface area contributed by atoms with E-state index in [0.717, 1.165) is 12.1 Å². The van der Waals surface area contributed by atoms with E-state index in [-0.39, 0.29) is 5.95 Å². The second-order valence-electron chi connectivity index (χ2n) is 4.29. The maximum Gasteiger partial charge on any atom is 0.241 e. The number of aromatic nitrogens is 6. The predicted molar refractivity (Wildman–Crippen MR) is 77.8 cm³/mol. The first-order valence-corrected chi connectivity index (χ1v) is 6.45. The minimum Gasteiger partial charge on any atom is -0.368 e. The average molecular weight is 282 g/mol. The van der Waals surface area contributed by atoms with Crippen molar-refractivity contribution in [3.8, 4) is 5.95 Å². The highest BCUT2D eigenvalue weighted by Gasteiger charge is 2.05. The number of nitrogens with two attached hydrogens (primary N) is 1. The summed E-state index contributed by atoms with van der Waals surface area (Å²) in [7, 11) is 0. The van der Waals surface area contributed by atoms with Gasteiger partial charge in [-0.1, -0.05) is 6.07 Å². The lowest BCUT2D eigenvalue weighted by atomic mass is 10.3. The summed E-state index contributed by atoms with van der Waals surface area (Å²) in [6.07, 6.45) is 7.54. The van der Waals surface area contributed by atoms with E-state index in [2.05, 4.69) is 30.2 Å². The minimum absolute atomic E-state index is 0.161. The first kappa shape index (κ1) is 13.0. The Hall–Kier alpha value is -3.03. The molecule has 106 valence electrons. The summed E-state index contributed by atoms with van der Waals surface area (Å²) in [6.45, 7) is 0.657. The van der Waals surface area contributed by atoms with Crippen molar-refractivity contribution >= 4 is 11.9 Å². The van der Waals surface area contributed by atoms with Crippen molar-refractivity contribution < 1.29 is 0 Å². The van der Waals surface area contributed by atoms with Gasteiger partial charge >= 0.3 is 0 Å². The Morgan fingerprint density at radius 2 is 2.10 bits per heavy atom. The van der Waals surface area contributed by atoms with Crippen LogP contribution in [0.3, 0.4) is 0 Å². The van der Waals surface area contributed by atoms with Gasteiger partial charge in [-0.3, -0.25) is 9.55 Å². The Morgan fingerprint density at radius 1 is 1.14 bits per heavy atom. The topological polar surface area (TPSA) is 107 Å². The lowest BCUT2D eigenvalue weighted by Crippen LogP contribution is -2.13. The van der Waals surface area contributed by atoms with Crippen LogP contribution in [0.15, 0.2) is 43.1 Å². The third kappa shape index (κ3) is 3.30. The number of rotatable bonds is 5. The number of nitrogens with zero attached hydrogens (tertiary/aromatic N) is 6. The smallest absolute Gasteiger partial charge is 0.241 e. The van der Waals surface area contributed by atoms with E-state index in [1.165, 1.54) is 0 Å². The molecule has 0 unspecified atom stereocenters. The third-order valence-electron chi connectivity index (χ3n) is 2.77. The highest BCUT2D eigenvalue weighted by atomic mass is 15.3. The molecule has 0 saturated carbocycles. The molecule has 0 amide bonds. The van der Waals surface area contributed by atoms with Gasteiger partial charge in [-0.25, -0.2) is 4.98 Å². The van der Waals surface area contributed by atoms with Crippen molar-refractivity contribution in [3.05, 3.63) is 48.8 Å². The van der Waals surface area contributed by atoms with Gasteiger partial charge < -0.3 is 11.1 Å². The Labute approximate surface area is 121 Å². The summed E-state index contributed by atoms with van der Waals surface area (Å²) >= 11 is 0. The summed E-state index contributed by atoms with van der Waals surface area (Å²) in [5.74, 6) is 1.02. The molecule has 0 saturated heterocycles. The van der Waals surface area contributed by atoms with Crippen LogP contribution < -0.4 is 11.1 Å². The van der Waals surface area contributed by atoms with E-state index in [0.29, 0.717) is 18.4 Å². The van der Waals surface area contributed by atoms with E-state index >= 15 is 0 Å². The molecular weight excluding hydrogens is 268 g/mol. The number of hydrogen-bond donors (Lipinski definition) is 2. The van der Waals surface area contributed by atoms with Gasteiger partial charge in [-0.2, -0.15) is 15.0 Å². The van der Waals surface area contributed by atoms with E-state index in [1.807, 2.05) is 18.2 Å². The molecule has 21 heavy (non-hydrogen) atoms. The average Bonchev–Trinajstić information content (AvgIpc) is 3.02. The maximum absolute atomic E-state index is 5.70. The number of hydrogen-bond acceptors (Lipinski definition) is 7. The van der Waals surface area contributed by atoms with Crippen LogP contribution >= 0.6 is 0 Å². The van der Waals surface area contributed by atoms with Gasteiger partial charge in [0.1, 0.15) is 6.33 Å². The second kappa shape index (κ2) is 5.95. The van der Waals surface area contributed by atoms with Gasteiger partial charge in [0.2, 0.25) is 17.8 Å². The molecule has 0 spiro atoms. The molecule has 3 aromatic rings. The van der Waals surface area contributed by atoms with Crippen molar-refractivity contribution in [1.29, 1.82) is 0 Å². The second-order valence-corrected chi connectivity index (χ2v) is 4.29. The molecule has 0 fully saturated rings. The zero-order chi connectivity index (χ0) is 14.5. The standard InChI is InChI=1S/C13H14N8/c14-11-18-12(17-6-4-10-3-1-2-5-16-10)20-13(19-11)21-8-7-15-9-21/h1-3,5,7-9H,4,6H2,(H3,14,17,18,19,20). The molecule has 0 aliphatic carbocycles. The van der Waals surface area contributed by atoms with Crippen LogP contribution in [-0.4, -0.2) is 36.0 Å². The number of imidazole rings is 1. The lowest BCUT2D eigenvalue weighted by molar-refractivity contribution is 0.884. The zero-order valence-corrected chi connectivity index (χ0v) is 11.2. The molecule has 8 nitrogen and oxygen atoms in total. The number of nitrogen functional groups attached to an aromatic ring is 1. The maximum atomic E-state index is 5.70. The fraction of sp³-hybridized carbons (Fsp3) is 0.154. The summed E-state index contributed by atoms with van der Waals surface area (Å²) in [6, 6.07) is 5.82. The van der Waals surface area contributed by atoms with Crippen molar-refractivity contribution in [1.82, 2.24) is 29.5 Å². The van der Waals surface area contributed by atoms with E-state index in [1.54, 1.807) is 29.5 Å². The SMILES string of the molecule is Nc1nc(NCCc2ccccn2)nc(-n2ccnc2)n1. The van der Waals surface area contributed by atoms with Gasteiger partial charge in [-0.15, -0.1) is 0 Å². The monoisotopic (exact) mass is 282 g/mol. The highest BCUT2D eigenvalue weighted by Crippen LogP contribution is 2.07. The summed E-state index contributed by atoms with van der Waals surface area (Å²) in [5.41, 5.74) is 6.70. The van der Waals surface area contributed by atoms with Gasteiger partial charge in [-0.05, 0) is 12.1 Å². The van der Waals surface area contributed by atoms with Crippen LogP contribution in [0.4, 0.5) is 11.9 Å². The lowest BCUT2D eigenvalue weighted by Gasteiger charge is -2.07. The van der Waals surface area contributed by atoms with Crippen LogP contribution in [0.25, 0.3) is 5.95 Å². The third-order valence-corrected chi connectivity index (χ3v) is 2.77. The molecule has 3 rings (SSSR count). The van der Waals surface area contributed by atoms with E-state index in [4.69, 9.17) is 5.73 Å². The van der Waals surface area contributed by atoms with Gasteiger partial charge in [0, 0.05) is 37.3 Å². The van der Waals surface area contributed by atoms with Crippen molar-refractivity contribution in [2.75, 3.05) is 17.6 Å². The fourth-order valence-corrected chi connectivity index (χ4v) is 1.80. The Morgan fingerprint density at radius 3 is 2.86 bits per heavy atom. The zero-order valence-electron chi connectivity index (χ0n) is 11.2. The number of pyridine rings is 1. The van der Waals surface area contributed by atoms with Crippen LogP contribution in [0.1, 0.15) is 5.69 Å². The van der Waals surface area contributed by atoms with Crippen LogP contribution in [0.5, 0.6) is 0 Å². The first-order chi connectivity index (χ1) is 10.3. The molecule has 3 N–H and O–H groups in total. The Bertz CT molecular complexity index is 695. The molecule has 0 atom stereocenters. The largest absolute Gasteiger partial charge is 0.368 e. The molecule has 0 aliphatic heterocycles. The Balaban J connectivity index is 1.68. The summed E-state index contributed by atoms with van der Waals surface area (Å²) in [4.78, 5) is 20.6. The van der Waals surface area contributed by atoms with Gasteiger partial charge in [0.05, 0.1) is 0 Å². The predicted octanol–water partition coefficient (Wildman–Crippen LogP) is 0.689. The molecular formula is C13H14N8. The Kier molecular flexibility index (Phi) is 3.68. The van der Waals surface area contributed by atoms with E-state index < -0.39 is 0 Å². The molecule has 3 heterocycles. The van der Waals surface area contributed by atoms with Crippen LogP contribution in [0.2, 0.25) is 0 Å². The van der Waals surface area contributed by atoms with Crippen molar-refractivity contribution in [3.63, 3.8) is 0 Å². The number of nitrogens with one attached hydrogen (secondary N) is 1. The number of anilines is 2. The van der Waals surface area contributed by atoms with Crippen molar-refractivity contribution in [2.24, 2.45) is 0 Å². The molecule has 0 aliphatic rings. The van der Waals surface area contributed by atoms with Crippen LogP contribution in [-0.2, 0) is 6.42 Å². The minimum atomic E-state index is 0.161. The quantitative estimate of drug-likeness (QED) is 0.708. The molecule has 3 aromatic heterocycles. The molecule has 8 heteroatoms. The molecule has 0 bridgehead atoms. The highest BCUT2D eigenvalue weighted by molar-refractivity contribution is 5.35. The summed E-state index contributed by atoms with van der Waals surface area (Å²) in [5, 5.41) is 3.12. The van der Waals surface area contributed by atoms with Crippen LogP contribution in [0, 0.1) is 0 Å². The normalized spacial score (nSPS) is 10.5. The molecule has 0 aromatic carbocycles. The van der Waals surface area contributed by atoms with Gasteiger partial charge in [0.15, 0.2) is 0 Å². The fourth-order valence-electron chi connectivity index (χ4n) is 1.80. The first-order valence-electron chi connectivity index (χ1n) is 6.45.